The molecule has 2 atom stereocenters. The van der Waals surface area contributed by atoms with Gasteiger partial charge in [-0.3, -0.25) is 14.8 Å². The molecule has 1 N–H and O–H groups in total. The number of ether oxygens (including phenoxy) is 1. The van der Waals surface area contributed by atoms with E-state index < -0.39 is 11.8 Å². The number of hydrogen-bond acceptors (Lipinski definition) is 7. The third-order valence-electron chi connectivity index (χ3n) is 10.3. The number of amides is 1. The van der Waals surface area contributed by atoms with E-state index in [-0.39, 0.29) is 24.8 Å². The molecule has 0 bridgehead atoms. The second-order valence-electron chi connectivity index (χ2n) is 13.0. The largest absolute Gasteiger partial charge is 0.445 e. The summed E-state index contributed by atoms with van der Waals surface area (Å²) < 4.78 is 9.24. The molecule has 1 amide bonds. The molecule has 2 aromatic carbocycles. The van der Waals surface area contributed by atoms with Gasteiger partial charge in [0.1, 0.15) is 18.6 Å². The first-order chi connectivity index (χ1) is 22.3. The topological polar surface area (TPSA) is 104 Å². The van der Waals surface area contributed by atoms with Gasteiger partial charge >= 0.3 is 11.8 Å². The van der Waals surface area contributed by atoms with Crippen LogP contribution in [0.15, 0.2) is 62.3 Å². The number of halogens is 2. The Labute approximate surface area is 286 Å². The molecule has 3 saturated heterocycles. The van der Waals surface area contributed by atoms with Crippen molar-refractivity contribution in [3.05, 3.63) is 73.5 Å². The molecule has 12 heteroatoms. The van der Waals surface area contributed by atoms with Gasteiger partial charge in [0.05, 0.1) is 6.04 Å². The number of likely N-dealkylation sites (tertiary alicyclic amines) is 3. The van der Waals surface area contributed by atoms with Gasteiger partial charge in [0.15, 0.2) is 5.82 Å². The first kappa shape index (κ1) is 33.1. The Hall–Kier alpha value is -2.80. The van der Waals surface area contributed by atoms with E-state index in [2.05, 4.69) is 53.7 Å². The fourth-order valence-corrected chi connectivity index (χ4v) is 8.42. The average Bonchev–Trinajstić information content (AvgIpc) is 3.47. The first-order valence-corrected chi connectivity index (χ1v) is 17.9. The zero-order chi connectivity index (χ0) is 32.3. The Morgan fingerprint density at radius 2 is 1.67 bits per heavy atom. The summed E-state index contributed by atoms with van der Waals surface area (Å²) in [5, 5.41) is 4.71. The minimum absolute atomic E-state index is 0.110. The van der Waals surface area contributed by atoms with Crippen molar-refractivity contribution in [3.8, 4) is 11.4 Å². The highest BCUT2D eigenvalue weighted by atomic mass is 79.9. The number of carbonyl (C=O) groups is 2. The number of rotatable bonds is 8. The number of hydrogen-bond donors (Lipinski definition) is 1. The summed E-state index contributed by atoms with van der Waals surface area (Å²) in [7, 11) is 2.19. The Kier molecular flexibility index (Phi) is 10.5. The molecule has 3 fully saturated rings. The van der Waals surface area contributed by atoms with Gasteiger partial charge in [0.2, 0.25) is 0 Å². The van der Waals surface area contributed by atoms with Crippen LogP contribution >= 0.6 is 31.9 Å². The number of carbonyl (C=O) groups excluding carboxylic acids is 2. The lowest BCUT2D eigenvalue weighted by molar-refractivity contribution is -0.128. The van der Waals surface area contributed by atoms with E-state index in [0.29, 0.717) is 37.0 Å². The standard InChI is InChI=1S/C34H42Br2N6O4/c1-39-15-9-25(10-16-39)26-11-17-40(18-12-26)34(14-20-43)22-28(42-32(44)37-31(38-42)27-5-3-2-4-6-27)13-19-41(34)33(45)46-23-24-7-8-29(35)30(36)21-24/h2-8,20-21,25-26,28H,9-19,22-23H2,1H3,(H,37,38,44)/t28-,34+/m1/s1. The van der Waals surface area contributed by atoms with Gasteiger partial charge in [-0.2, -0.15) is 0 Å². The van der Waals surface area contributed by atoms with E-state index in [1.807, 2.05) is 48.5 Å². The molecule has 3 aromatic rings. The quantitative estimate of drug-likeness (QED) is 0.278. The van der Waals surface area contributed by atoms with E-state index in [0.717, 1.165) is 65.4 Å². The molecule has 0 spiro atoms. The van der Waals surface area contributed by atoms with Crippen molar-refractivity contribution in [2.75, 3.05) is 39.8 Å². The number of nitrogens with one attached hydrogen (secondary N) is 1. The number of aldehydes is 1. The van der Waals surface area contributed by atoms with Crippen LogP contribution in [0.5, 0.6) is 0 Å². The third kappa shape index (κ3) is 7.05. The van der Waals surface area contributed by atoms with Crippen molar-refractivity contribution in [3.63, 3.8) is 0 Å². The van der Waals surface area contributed by atoms with Crippen molar-refractivity contribution in [1.29, 1.82) is 0 Å². The lowest BCUT2D eigenvalue weighted by Crippen LogP contribution is -2.67. The molecule has 6 rings (SSSR count). The van der Waals surface area contributed by atoms with E-state index >= 15 is 0 Å². The Bertz CT molecular complexity index is 1570. The van der Waals surface area contributed by atoms with Crippen LogP contribution < -0.4 is 5.69 Å². The van der Waals surface area contributed by atoms with E-state index in [1.165, 1.54) is 17.5 Å². The Balaban J connectivity index is 1.26. The SMILES string of the molecule is CN1CCC(C2CCN([C@]3(CC=O)C[C@H](n4nc(-c5ccccc5)[nH]c4=O)CCN3C(=O)OCc3ccc(Br)c(Br)c3)CC2)CC1. The zero-order valence-corrected chi connectivity index (χ0v) is 29.4. The van der Waals surface area contributed by atoms with Gasteiger partial charge in [-0.15, -0.1) is 5.10 Å². The lowest BCUT2D eigenvalue weighted by atomic mass is 9.77. The fraction of sp³-hybridized carbons (Fsp3) is 0.529. The average molecular weight is 759 g/mol. The summed E-state index contributed by atoms with van der Waals surface area (Å²) in [6.07, 6.45) is 6.01. The van der Waals surface area contributed by atoms with E-state index in [1.54, 1.807) is 4.90 Å². The molecule has 0 aliphatic carbocycles. The minimum Gasteiger partial charge on any atom is -0.445 e. The maximum Gasteiger partial charge on any atom is 0.411 e. The number of benzene rings is 2. The van der Waals surface area contributed by atoms with Crippen LogP contribution in [-0.4, -0.2) is 87.3 Å². The highest BCUT2D eigenvalue weighted by Gasteiger charge is 2.51. The van der Waals surface area contributed by atoms with Crippen LogP contribution in [0.1, 0.15) is 56.6 Å². The highest BCUT2D eigenvalue weighted by Crippen LogP contribution is 2.43. The van der Waals surface area contributed by atoms with Crippen LogP contribution in [0, 0.1) is 11.8 Å². The maximum absolute atomic E-state index is 13.9. The van der Waals surface area contributed by atoms with Crippen molar-refractivity contribution < 1.29 is 14.3 Å². The Morgan fingerprint density at radius 3 is 2.35 bits per heavy atom. The molecule has 3 aliphatic rings. The summed E-state index contributed by atoms with van der Waals surface area (Å²) in [5.74, 6) is 1.86. The monoisotopic (exact) mass is 756 g/mol. The van der Waals surface area contributed by atoms with Crippen LogP contribution in [-0.2, 0) is 16.1 Å². The van der Waals surface area contributed by atoms with Crippen molar-refractivity contribution in [1.82, 2.24) is 29.5 Å². The van der Waals surface area contributed by atoms with Gasteiger partial charge in [-0.05, 0) is 114 Å². The number of piperidine rings is 3. The summed E-state index contributed by atoms with van der Waals surface area (Å²) >= 11 is 7.02. The maximum atomic E-state index is 13.9. The summed E-state index contributed by atoms with van der Waals surface area (Å²) in [6, 6.07) is 15.0. The van der Waals surface area contributed by atoms with Gasteiger partial charge in [-0.1, -0.05) is 36.4 Å². The molecule has 3 aliphatic heterocycles. The van der Waals surface area contributed by atoms with Crippen molar-refractivity contribution in [2.45, 2.75) is 63.3 Å². The van der Waals surface area contributed by atoms with Crippen LogP contribution in [0.3, 0.4) is 0 Å². The Morgan fingerprint density at radius 1 is 0.978 bits per heavy atom. The van der Waals surface area contributed by atoms with Gasteiger partial charge in [-0.25, -0.2) is 14.3 Å². The molecule has 246 valence electrons. The molecule has 0 unspecified atom stereocenters. The second kappa shape index (κ2) is 14.5. The predicted molar refractivity (Wildman–Crippen MR) is 183 cm³/mol. The van der Waals surface area contributed by atoms with Gasteiger partial charge in [0, 0.05) is 47.0 Å². The molecular formula is C34H42Br2N6O4. The highest BCUT2D eigenvalue weighted by molar-refractivity contribution is 9.13. The smallest absolute Gasteiger partial charge is 0.411 e. The predicted octanol–water partition coefficient (Wildman–Crippen LogP) is 6.08. The van der Waals surface area contributed by atoms with E-state index in [4.69, 9.17) is 9.84 Å². The molecule has 10 nitrogen and oxygen atoms in total. The normalized spacial score (nSPS) is 23.8. The second-order valence-corrected chi connectivity index (χ2v) is 14.7. The number of H-pyrrole nitrogens is 1. The first-order valence-electron chi connectivity index (χ1n) is 16.3. The molecule has 4 heterocycles. The third-order valence-corrected chi connectivity index (χ3v) is 12.2. The molecular weight excluding hydrogens is 716 g/mol. The van der Waals surface area contributed by atoms with E-state index in [9.17, 15) is 14.4 Å². The van der Waals surface area contributed by atoms with Gasteiger partial charge in [0.25, 0.3) is 0 Å². The van der Waals surface area contributed by atoms with Gasteiger partial charge < -0.3 is 14.4 Å². The van der Waals surface area contributed by atoms with Crippen LogP contribution in [0.4, 0.5) is 4.79 Å². The van der Waals surface area contributed by atoms with Crippen molar-refractivity contribution in [2.24, 2.45) is 11.8 Å². The molecule has 46 heavy (non-hydrogen) atoms. The van der Waals surface area contributed by atoms with Crippen LogP contribution in [0.2, 0.25) is 0 Å². The molecule has 0 radical (unpaired) electrons. The number of aromatic nitrogens is 3. The summed E-state index contributed by atoms with van der Waals surface area (Å²) in [5.41, 5.74) is 0.468. The molecule has 0 saturated carbocycles. The lowest BCUT2D eigenvalue weighted by Gasteiger charge is -2.55. The van der Waals surface area contributed by atoms with Crippen molar-refractivity contribution >= 4 is 44.2 Å². The summed E-state index contributed by atoms with van der Waals surface area (Å²) in [6.45, 7) is 4.30. The summed E-state index contributed by atoms with van der Waals surface area (Å²) in [4.78, 5) is 49.1. The number of aromatic amines is 1. The minimum atomic E-state index is -0.925. The molecule has 1 aromatic heterocycles. The zero-order valence-electron chi connectivity index (χ0n) is 26.2. The van der Waals surface area contributed by atoms with Crippen LogP contribution in [0.25, 0.3) is 11.4 Å². The number of nitrogens with zero attached hydrogens (tertiary/aromatic N) is 5. The fourth-order valence-electron chi connectivity index (χ4n) is 7.75.